The maximum Gasteiger partial charge on any atom is 0.330 e. The minimum atomic E-state index is -3.23. The third-order valence-electron chi connectivity index (χ3n) is 7.35. The molecule has 1 aliphatic rings. The first kappa shape index (κ1) is 25.9. The van der Waals surface area contributed by atoms with Gasteiger partial charge in [0.15, 0.2) is 9.84 Å². The van der Waals surface area contributed by atoms with E-state index in [1.807, 2.05) is 18.2 Å². The van der Waals surface area contributed by atoms with E-state index < -0.39 is 9.84 Å². The van der Waals surface area contributed by atoms with Gasteiger partial charge in [-0.25, -0.2) is 13.2 Å². The van der Waals surface area contributed by atoms with E-state index in [1.165, 1.54) is 41.5 Å². The number of hydrogen-bond donors (Lipinski definition) is 1. The molecule has 4 aromatic rings. The Balaban J connectivity index is 1.41. The molecule has 0 bridgehead atoms. The van der Waals surface area contributed by atoms with Gasteiger partial charge in [0.25, 0.3) is 0 Å². The van der Waals surface area contributed by atoms with Crippen LogP contribution in [0.4, 0.5) is 0 Å². The van der Waals surface area contributed by atoms with Crippen LogP contribution in [0.15, 0.2) is 83.9 Å². The number of ether oxygens (including phenoxy) is 1. The van der Waals surface area contributed by atoms with Crippen molar-refractivity contribution in [3.05, 3.63) is 107 Å². The number of sulfone groups is 1. The van der Waals surface area contributed by atoms with Gasteiger partial charge < -0.3 is 9.72 Å². The van der Waals surface area contributed by atoms with Crippen LogP contribution in [0.1, 0.15) is 40.3 Å². The minimum Gasteiger partial charge on any atom is -0.466 e. The number of carbonyl (C=O) groups excluding carboxylic acids is 1. The van der Waals surface area contributed by atoms with E-state index in [-0.39, 0.29) is 12.0 Å². The van der Waals surface area contributed by atoms with Gasteiger partial charge in [-0.05, 0) is 71.4 Å². The molecular weight excluding hydrogens is 496 g/mol. The monoisotopic (exact) mass is 528 g/mol. The first-order valence-electron chi connectivity index (χ1n) is 12.8. The molecule has 1 unspecified atom stereocenters. The topological polar surface area (TPSA) is 79.5 Å². The summed E-state index contributed by atoms with van der Waals surface area (Å²) in [5.41, 5.74) is 7.11. The zero-order valence-electron chi connectivity index (χ0n) is 21.7. The molecule has 7 heteroatoms. The number of aryl methyl sites for hydroxylation is 1. The number of benzene rings is 3. The second kappa shape index (κ2) is 11.0. The van der Waals surface area contributed by atoms with Crippen molar-refractivity contribution in [2.45, 2.75) is 36.7 Å². The number of H-pyrrole nitrogens is 1. The molecule has 1 atom stereocenters. The molecule has 1 N–H and O–H groups in total. The number of methoxy groups -OCH3 is 1. The molecule has 0 radical (unpaired) electrons. The second-order valence-corrected chi connectivity index (χ2v) is 11.9. The number of rotatable bonds is 9. The quantitative estimate of drug-likeness (QED) is 0.230. The smallest absolute Gasteiger partial charge is 0.330 e. The van der Waals surface area contributed by atoms with Gasteiger partial charge in [0.2, 0.25) is 0 Å². The predicted octanol–water partition coefficient (Wildman–Crippen LogP) is 5.49. The Labute approximate surface area is 223 Å². The van der Waals surface area contributed by atoms with E-state index in [2.05, 4.69) is 52.5 Å². The number of aromatic nitrogens is 1. The lowest BCUT2D eigenvalue weighted by molar-refractivity contribution is -0.134. The highest BCUT2D eigenvalue weighted by molar-refractivity contribution is 7.90. The van der Waals surface area contributed by atoms with Crippen molar-refractivity contribution < 1.29 is 17.9 Å². The van der Waals surface area contributed by atoms with Crippen LogP contribution in [-0.2, 0) is 38.8 Å². The summed E-state index contributed by atoms with van der Waals surface area (Å²) >= 11 is 0. The molecule has 0 fully saturated rings. The second-order valence-electron chi connectivity index (χ2n) is 9.87. The maximum atomic E-state index is 11.9. The van der Waals surface area contributed by atoms with Gasteiger partial charge in [0.1, 0.15) is 0 Å². The molecular formula is C31H32N2O4S. The number of carbonyl (C=O) groups is 1. The van der Waals surface area contributed by atoms with Crippen molar-refractivity contribution in [1.29, 1.82) is 0 Å². The first-order valence-corrected chi connectivity index (χ1v) is 14.7. The average molecular weight is 529 g/mol. The fraction of sp³-hybridized carbons (Fsp3) is 0.258. The molecule has 38 heavy (non-hydrogen) atoms. The zero-order chi connectivity index (χ0) is 26.7. The summed E-state index contributed by atoms with van der Waals surface area (Å²) < 4.78 is 28.6. The first-order chi connectivity index (χ1) is 18.3. The lowest BCUT2D eigenvalue weighted by Crippen LogP contribution is -2.29. The van der Waals surface area contributed by atoms with E-state index in [1.54, 1.807) is 18.2 Å². The lowest BCUT2D eigenvalue weighted by Gasteiger charge is -2.30. The fourth-order valence-corrected chi connectivity index (χ4v) is 5.98. The van der Waals surface area contributed by atoms with Gasteiger partial charge in [-0.15, -0.1) is 0 Å². The van der Waals surface area contributed by atoms with E-state index in [9.17, 15) is 13.2 Å². The molecule has 0 amide bonds. The van der Waals surface area contributed by atoms with Crippen molar-refractivity contribution in [2.24, 2.45) is 0 Å². The maximum absolute atomic E-state index is 11.9. The summed E-state index contributed by atoms with van der Waals surface area (Å²) in [6, 6.07) is 22.2. The normalized spacial score (nSPS) is 15.4. The number of fused-ring (bicyclic) bond motifs is 2. The lowest BCUT2D eigenvalue weighted by atomic mass is 10.0. The van der Waals surface area contributed by atoms with Crippen LogP contribution >= 0.6 is 0 Å². The summed E-state index contributed by atoms with van der Waals surface area (Å²) in [6.45, 7) is 1.59. The van der Waals surface area contributed by atoms with E-state index in [0.29, 0.717) is 4.90 Å². The van der Waals surface area contributed by atoms with Crippen molar-refractivity contribution >= 4 is 32.8 Å². The highest BCUT2D eigenvalue weighted by Gasteiger charge is 2.28. The highest BCUT2D eigenvalue weighted by Crippen LogP contribution is 2.37. The van der Waals surface area contributed by atoms with Crippen molar-refractivity contribution in [2.75, 3.05) is 19.9 Å². The van der Waals surface area contributed by atoms with Crippen LogP contribution in [0.2, 0.25) is 0 Å². The molecule has 0 aliphatic heterocycles. The van der Waals surface area contributed by atoms with Crippen molar-refractivity contribution in [3.63, 3.8) is 0 Å². The number of aromatic amines is 1. The average Bonchev–Trinajstić information content (AvgIpc) is 3.53. The molecule has 1 aliphatic carbocycles. The Morgan fingerprint density at radius 2 is 1.89 bits per heavy atom. The summed E-state index contributed by atoms with van der Waals surface area (Å²) in [6.07, 6.45) is 9.45. The Morgan fingerprint density at radius 1 is 1.11 bits per heavy atom. The number of hydrogen-bond acceptors (Lipinski definition) is 5. The van der Waals surface area contributed by atoms with Crippen molar-refractivity contribution in [1.82, 2.24) is 9.88 Å². The zero-order valence-corrected chi connectivity index (χ0v) is 22.5. The number of esters is 1. The molecule has 3 aromatic carbocycles. The standard InChI is InChI=1S/C31H32N2O4S/c1-37-31(34)16-10-22-9-14-28-24(19-22)11-15-30(28)33(21-23-7-12-26(13-8-23)38(2,35)36)18-17-25-20-32-29-6-4-3-5-27(25)29/h3-10,12-14,16,19-20,30,32H,11,15,17-18,21H2,1-2H3. The molecule has 0 spiro atoms. The number of nitrogens with zero attached hydrogens (tertiary/aromatic N) is 1. The van der Waals surface area contributed by atoms with E-state index in [0.717, 1.165) is 49.0 Å². The number of nitrogens with one attached hydrogen (secondary N) is 1. The Morgan fingerprint density at radius 3 is 2.66 bits per heavy atom. The van der Waals surface area contributed by atoms with Crippen LogP contribution in [-0.4, -0.2) is 44.2 Å². The van der Waals surface area contributed by atoms with E-state index in [4.69, 9.17) is 4.74 Å². The summed E-state index contributed by atoms with van der Waals surface area (Å²) in [7, 11) is -1.86. The van der Waals surface area contributed by atoms with Gasteiger partial charge in [0, 0.05) is 48.6 Å². The molecule has 196 valence electrons. The van der Waals surface area contributed by atoms with Gasteiger partial charge in [-0.3, -0.25) is 4.90 Å². The van der Waals surface area contributed by atoms with Crippen molar-refractivity contribution in [3.8, 4) is 0 Å². The molecule has 1 aromatic heterocycles. The summed E-state index contributed by atoms with van der Waals surface area (Å²) in [5.74, 6) is -0.367. The Hall–Kier alpha value is -3.68. The molecule has 0 saturated carbocycles. The Bertz CT molecular complexity index is 1590. The van der Waals surface area contributed by atoms with Gasteiger partial charge in [0.05, 0.1) is 12.0 Å². The number of para-hydroxylation sites is 1. The minimum absolute atomic E-state index is 0.253. The SMILES string of the molecule is COC(=O)C=Cc1ccc2c(c1)CCC2N(CCc1c[nH]c2ccccc12)Cc1ccc(S(C)(=O)=O)cc1. The third kappa shape index (κ3) is 5.74. The van der Waals surface area contributed by atoms with Crippen LogP contribution in [0.25, 0.3) is 17.0 Å². The highest BCUT2D eigenvalue weighted by atomic mass is 32.2. The van der Waals surface area contributed by atoms with Crippen LogP contribution in [0.3, 0.4) is 0 Å². The summed E-state index contributed by atoms with van der Waals surface area (Å²) in [4.78, 5) is 17.7. The molecule has 6 nitrogen and oxygen atoms in total. The van der Waals surface area contributed by atoms with Gasteiger partial charge >= 0.3 is 5.97 Å². The van der Waals surface area contributed by atoms with Crippen LogP contribution in [0.5, 0.6) is 0 Å². The van der Waals surface area contributed by atoms with Crippen LogP contribution < -0.4 is 0 Å². The van der Waals surface area contributed by atoms with E-state index >= 15 is 0 Å². The molecule has 0 saturated heterocycles. The van der Waals surface area contributed by atoms with Crippen LogP contribution in [0, 0.1) is 0 Å². The molecule has 5 rings (SSSR count). The third-order valence-corrected chi connectivity index (χ3v) is 8.48. The fourth-order valence-electron chi connectivity index (χ4n) is 5.35. The molecule has 1 heterocycles. The van der Waals surface area contributed by atoms with Gasteiger partial charge in [-0.1, -0.05) is 48.5 Å². The largest absolute Gasteiger partial charge is 0.466 e. The van der Waals surface area contributed by atoms with Gasteiger partial charge in [-0.2, -0.15) is 0 Å². The predicted molar refractivity (Wildman–Crippen MR) is 151 cm³/mol. The summed E-state index contributed by atoms with van der Waals surface area (Å²) in [5, 5.41) is 1.25. The Kier molecular flexibility index (Phi) is 7.49.